The maximum Gasteiger partial charge on any atom is 0.252 e. The lowest BCUT2D eigenvalue weighted by Crippen LogP contribution is -2.60. The third kappa shape index (κ3) is 4.95. The van der Waals surface area contributed by atoms with E-state index in [0.29, 0.717) is 31.9 Å². The Hall–Kier alpha value is -1.30. The van der Waals surface area contributed by atoms with Crippen molar-refractivity contribution in [2.45, 2.75) is 15.9 Å². The Bertz CT molecular complexity index is 737. The Labute approximate surface area is 174 Å². The van der Waals surface area contributed by atoms with Crippen molar-refractivity contribution in [3.8, 4) is 0 Å². The molecule has 1 N–H and O–H groups in total. The van der Waals surface area contributed by atoms with Gasteiger partial charge in [0.2, 0.25) is 0 Å². The largest absolute Gasteiger partial charge is 0.379 e. The quantitative estimate of drug-likeness (QED) is 0.702. The van der Waals surface area contributed by atoms with Crippen molar-refractivity contribution >= 4 is 40.7 Å². The Kier molecular flexibility index (Phi) is 7.01. The summed E-state index contributed by atoms with van der Waals surface area (Å²) in [6.07, 6.45) is -0.680. The number of nitrogens with zero attached hydrogens (tertiary/aromatic N) is 1. The number of halogens is 3. The highest BCUT2D eigenvalue weighted by molar-refractivity contribution is 6.52. The van der Waals surface area contributed by atoms with E-state index in [4.69, 9.17) is 39.5 Å². The molecule has 4 nitrogen and oxygen atoms in total. The normalized spacial score (nSPS) is 17.9. The minimum Gasteiger partial charge on any atom is -0.379 e. The van der Waals surface area contributed by atoms with Crippen molar-refractivity contribution in [1.29, 1.82) is 0 Å². The maximum absolute atomic E-state index is 12.8. The second-order valence-electron chi connectivity index (χ2n) is 6.34. The molecular weight excluding hydrogens is 407 g/mol. The number of ether oxygens (including phenoxy) is 1. The lowest BCUT2D eigenvalue weighted by atomic mass is 10.1. The predicted octanol–water partition coefficient (Wildman–Crippen LogP) is 4.23. The van der Waals surface area contributed by atoms with Crippen LogP contribution >= 0.6 is 34.8 Å². The van der Waals surface area contributed by atoms with Crippen LogP contribution in [-0.4, -0.2) is 47.6 Å². The molecule has 0 unspecified atom stereocenters. The van der Waals surface area contributed by atoms with Crippen molar-refractivity contribution in [1.82, 2.24) is 10.2 Å². The first-order valence-electron chi connectivity index (χ1n) is 8.74. The second-order valence-corrected chi connectivity index (χ2v) is 8.22. The van der Waals surface area contributed by atoms with Crippen molar-refractivity contribution in [3.05, 3.63) is 71.8 Å². The fourth-order valence-electron chi connectivity index (χ4n) is 3.05. The van der Waals surface area contributed by atoms with Crippen LogP contribution in [0.3, 0.4) is 0 Å². The first-order chi connectivity index (χ1) is 13.0. The van der Waals surface area contributed by atoms with Gasteiger partial charge in [0, 0.05) is 18.7 Å². The first kappa shape index (κ1) is 20.4. The molecule has 27 heavy (non-hydrogen) atoms. The van der Waals surface area contributed by atoms with E-state index >= 15 is 0 Å². The van der Waals surface area contributed by atoms with Gasteiger partial charge in [-0.2, -0.15) is 0 Å². The fraction of sp³-hybridized carbons (Fsp3) is 0.350. The van der Waals surface area contributed by atoms with Gasteiger partial charge < -0.3 is 10.1 Å². The van der Waals surface area contributed by atoms with Crippen LogP contribution < -0.4 is 5.32 Å². The van der Waals surface area contributed by atoms with Gasteiger partial charge in [0.05, 0.1) is 18.6 Å². The van der Waals surface area contributed by atoms with Crippen molar-refractivity contribution in [2.24, 2.45) is 0 Å². The third-order valence-electron chi connectivity index (χ3n) is 4.51. The summed E-state index contributed by atoms with van der Waals surface area (Å²) in [4.78, 5) is 14.8. The minimum atomic E-state index is -1.45. The van der Waals surface area contributed by atoms with Crippen LogP contribution in [0.4, 0.5) is 0 Å². The molecule has 0 spiro atoms. The highest BCUT2D eigenvalue weighted by Crippen LogP contribution is 2.44. The molecule has 0 aliphatic carbocycles. The summed E-state index contributed by atoms with van der Waals surface area (Å²) in [5.74, 6) is -0.255. The lowest BCUT2D eigenvalue weighted by Gasteiger charge is -2.42. The van der Waals surface area contributed by atoms with Gasteiger partial charge in [-0.05, 0) is 17.7 Å². The monoisotopic (exact) mass is 426 g/mol. The Morgan fingerprint density at radius 1 is 1.00 bits per heavy atom. The van der Waals surface area contributed by atoms with E-state index < -0.39 is 15.9 Å². The molecule has 0 bridgehead atoms. The summed E-state index contributed by atoms with van der Waals surface area (Å²) in [5.41, 5.74) is 1.32. The van der Waals surface area contributed by atoms with Crippen molar-refractivity contribution in [2.75, 3.05) is 26.3 Å². The summed E-state index contributed by atoms with van der Waals surface area (Å²) < 4.78 is 3.97. The molecule has 0 radical (unpaired) electrons. The summed E-state index contributed by atoms with van der Waals surface area (Å²) in [7, 11) is 0. The molecule has 1 aliphatic rings. The van der Waals surface area contributed by atoms with Gasteiger partial charge in [0.15, 0.2) is 4.33 Å². The number of alkyl halides is 3. The van der Waals surface area contributed by atoms with Crippen molar-refractivity contribution in [3.63, 3.8) is 0 Å². The molecule has 1 heterocycles. The van der Waals surface area contributed by atoms with Gasteiger partial charge in [-0.3, -0.25) is 9.69 Å². The Morgan fingerprint density at radius 2 is 1.56 bits per heavy atom. The molecule has 0 saturated carbocycles. The molecule has 1 saturated heterocycles. The molecule has 2 aromatic carbocycles. The molecule has 2 atom stereocenters. The summed E-state index contributed by atoms with van der Waals surface area (Å²) in [5, 5.41) is 2.26. The van der Waals surface area contributed by atoms with Crippen molar-refractivity contribution < 1.29 is 9.53 Å². The number of benzene rings is 2. The van der Waals surface area contributed by atoms with E-state index in [1.54, 1.807) is 12.1 Å². The number of morpholine rings is 1. The fourth-order valence-corrected chi connectivity index (χ4v) is 3.95. The standard InChI is InChI=1S/C20H21Cl3N2O2/c21-17(15-7-3-1-4-8-15)20(22,23)19(25-11-13-27-14-12-25)24-18(26)16-9-5-2-6-10-16/h1-10,17,19H,11-14H2,(H,24,26)/t17-,19-/m0/s1. The molecule has 1 aliphatic heterocycles. The van der Waals surface area contributed by atoms with Crippen LogP contribution in [0.25, 0.3) is 0 Å². The molecule has 1 fully saturated rings. The topological polar surface area (TPSA) is 41.6 Å². The average Bonchev–Trinajstić information content (AvgIpc) is 2.73. The zero-order valence-corrected chi connectivity index (χ0v) is 16.9. The van der Waals surface area contributed by atoms with Gasteiger partial charge in [0.25, 0.3) is 5.91 Å². The van der Waals surface area contributed by atoms with E-state index in [9.17, 15) is 4.79 Å². The van der Waals surface area contributed by atoms with E-state index in [0.717, 1.165) is 5.56 Å². The molecule has 7 heteroatoms. The highest BCUT2D eigenvalue weighted by atomic mass is 35.5. The van der Waals surface area contributed by atoms with E-state index in [1.807, 2.05) is 53.4 Å². The van der Waals surface area contributed by atoms with Crippen LogP contribution in [0, 0.1) is 0 Å². The number of amides is 1. The third-order valence-corrected chi connectivity index (χ3v) is 6.18. The highest BCUT2D eigenvalue weighted by Gasteiger charge is 2.46. The Balaban J connectivity index is 1.87. The summed E-state index contributed by atoms with van der Waals surface area (Å²) in [6, 6.07) is 18.3. The van der Waals surface area contributed by atoms with E-state index in [1.165, 1.54) is 0 Å². The number of hydrogen-bond acceptors (Lipinski definition) is 3. The number of carbonyl (C=O) groups is 1. The molecule has 1 amide bonds. The second kappa shape index (κ2) is 9.26. The Morgan fingerprint density at radius 3 is 2.15 bits per heavy atom. The molecule has 0 aromatic heterocycles. The number of rotatable bonds is 6. The minimum absolute atomic E-state index is 0.255. The lowest BCUT2D eigenvalue weighted by molar-refractivity contribution is 0.00484. The van der Waals surface area contributed by atoms with Gasteiger partial charge in [-0.25, -0.2) is 0 Å². The predicted molar refractivity (Wildman–Crippen MR) is 110 cm³/mol. The molecule has 3 rings (SSSR count). The first-order valence-corrected chi connectivity index (χ1v) is 9.94. The smallest absolute Gasteiger partial charge is 0.252 e. The van der Waals surface area contributed by atoms with Crippen LogP contribution in [0.2, 0.25) is 0 Å². The number of carbonyl (C=O) groups excluding carboxylic acids is 1. The SMILES string of the molecule is O=C(N[C@@H](N1CCOCC1)C(Cl)(Cl)[C@@H](Cl)c1ccccc1)c1ccccc1. The van der Waals surface area contributed by atoms with Gasteiger partial charge in [-0.15, -0.1) is 11.6 Å². The van der Waals surface area contributed by atoms with Crippen LogP contribution in [0.15, 0.2) is 60.7 Å². The zero-order chi connectivity index (χ0) is 19.3. The number of nitrogens with one attached hydrogen (secondary N) is 1. The van der Waals surface area contributed by atoms with Gasteiger partial charge >= 0.3 is 0 Å². The maximum atomic E-state index is 12.8. The number of hydrogen-bond donors (Lipinski definition) is 1. The van der Waals surface area contributed by atoms with Crippen LogP contribution in [0.1, 0.15) is 21.3 Å². The van der Waals surface area contributed by atoms with Crippen LogP contribution in [-0.2, 0) is 4.74 Å². The summed E-state index contributed by atoms with van der Waals surface area (Å²) in [6.45, 7) is 2.28. The summed E-state index contributed by atoms with van der Waals surface area (Å²) >= 11 is 20.2. The van der Waals surface area contributed by atoms with E-state index in [2.05, 4.69) is 5.32 Å². The molecule has 144 valence electrons. The molecular formula is C20H21Cl3N2O2. The molecule has 2 aromatic rings. The van der Waals surface area contributed by atoms with Gasteiger partial charge in [0.1, 0.15) is 6.17 Å². The van der Waals surface area contributed by atoms with E-state index in [-0.39, 0.29) is 5.91 Å². The van der Waals surface area contributed by atoms with Crippen LogP contribution in [0.5, 0.6) is 0 Å². The average molecular weight is 428 g/mol. The van der Waals surface area contributed by atoms with Gasteiger partial charge in [-0.1, -0.05) is 71.7 Å². The zero-order valence-electron chi connectivity index (χ0n) is 14.7.